The first kappa shape index (κ1) is 21.3. The molecule has 2 amide bonds. The molecule has 0 fully saturated rings. The summed E-state index contributed by atoms with van der Waals surface area (Å²) < 4.78 is 0. The van der Waals surface area contributed by atoms with Gasteiger partial charge in [0.25, 0.3) is 11.8 Å². The van der Waals surface area contributed by atoms with Crippen molar-refractivity contribution in [2.75, 3.05) is 18.4 Å². The van der Waals surface area contributed by atoms with Crippen LogP contribution in [0.4, 0.5) is 5.69 Å². The number of thiophene rings is 1. The largest absolute Gasteiger partial charge is 0.350 e. The Kier molecular flexibility index (Phi) is 6.20. The normalized spacial score (nSPS) is 14.0. The second kappa shape index (κ2) is 9.04. The van der Waals surface area contributed by atoms with Crippen molar-refractivity contribution in [3.05, 3.63) is 87.6 Å². The van der Waals surface area contributed by atoms with Gasteiger partial charge in [0.2, 0.25) is 0 Å². The second-order valence-corrected chi connectivity index (χ2v) is 9.39. The lowest BCUT2D eigenvalue weighted by Crippen LogP contribution is -2.53. The molecule has 160 valence electrons. The molecule has 6 heteroatoms. The van der Waals surface area contributed by atoms with Crippen LogP contribution in [-0.4, -0.2) is 35.3 Å². The van der Waals surface area contributed by atoms with E-state index in [9.17, 15) is 9.59 Å². The first-order chi connectivity index (χ1) is 14.9. The van der Waals surface area contributed by atoms with Crippen molar-refractivity contribution in [2.45, 2.75) is 32.4 Å². The van der Waals surface area contributed by atoms with Gasteiger partial charge in [-0.05, 0) is 67.1 Å². The SMILES string of the molecule is CC(C)(CNC(=O)c1ccc(NC(=O)c2cccs2)cc1)N1CCc2ccccc2C1. The zero-order valence-electron chi connectivity index (χ0n) is 17.9. The minimum Gasteiger partial charge on any atom is -0.350 e. The summed E-state index contributed by atoms with van der Waals surface area (Å²) >= 11 is 1.39. The summed E-state index contributed by atoms with van der Waals surface area (Å²) in [5.74, 6) is -0.251. The fourth-order valence-electron chi connectivity index (χ4n) is 3.83. The highest BCUT2D eigenvalue weighted by Crippen LogP contribution is 2.25. The monoisotopic (exact) mass is 433 g/mol. The molecule has 5 nitrogen and oxygen atoms in total. The summed E-state index contributed by atoms with van der Waals surface area (Å²) in [5, 5.41) is 7.80. The molecule has 0 aliphatic carbocycles. The van der Waals surface area contributed by atoms with E-state index in [1.807, 2.05) is 11.4 Å². The van der Waals surface area contributed by atoms with Crippen LogP contribution in [0.15, 0.2) is 66.0 Å². The molecule has 1 aliphatic heterocycles. The smallest absolute Gasteiger partial charge is 0.265 e. The predicted molar refractivity (Wildman–Crippen MR) is 126 cm³/mol. The number of carbonyl (C=O) groups excluding carboxylic acids is 2. The minimum atomic E-state index is -0.155. The van der Waals surface area contributed by atoms with Crippen molar-refractivity contribution in [3.8, 4) is 0 Å². The van der Waals surface area contributed by atoms with Gasteiger partial charge in [0.1, 0.15) is 0 Å². The van der Waals surface area contributed by atoms with Gasteiger partial charge in [-0.2, -0.15) is 0 Å². The number of hydrogen-bond donors (Lipinski definition) is 2. The molecule has 3 aromatic rings. The third kappa shape index (κ3) is 5.03. The highest BCUT2D eigenvalue weighted by Gasteiger charge is 2.30. The lowest BCUT2D eigenvalue weighted by molar-refractivity contribution is 0.0826. The number of fused-ring (bicyclic) bond motifs is 1. The lowest BCUT2D eigenvalue weighted by atomic mass is 9.94. The number of anilines is 1. The van der Waals surface area contributed by atoms with Gasteiger partial charge in [-0.3, -0.25) is 14.5 Å². The highest BCUT2D eigenvalue weighted by molar-refractivity contribution is 7.12. The first-order valence-corrected chi connectivity index (χ1v) is 11.4. The van der Waals surface area contributed by atoms with Gasteiger partial charge in [0.15, 0.2) is 0 Å². The third-order valence-electron chi connectivity index (χ3n) is 5.82. The van der Waals surface area contributed by atoms with Gasteiger partial charge in [-0.1, -0.05) is 30.3 Å². The molecule has 2 heterocycles. The summed E-state index contributed by atoms with van der Waals surface area (Å²) in [6.45, 7) is 6.79. The van der Waals surface area contributed by atoms with Crippen LogP contribution in [0.3, 0.4) is 0 Å². The zero-order chi connectivity index (χ0) is 21.8. The third-order valence-corrected chi connectivity index (χ3v) is 6.69. The van der Waals surface area contributed by atoms with Crippen LogP contribution in [0.1, 0.15) is 45.0 Å². The molecule has 0 unspecified atom stereocenters. The van der Waals surface area contributed by atoms with E-state index < -0.39 is 0 Å². The van der Waals surface area contributed by atoms with Gasteiger partial charge >= 0.3 is 0 Å². The number of nitrogens with one attached hydrogen (secondary N) is 2. The standard InChI is InChI=1S/C25H27N3O2S/c1-25(2,28-14-13-18-6-3-4-7-20(18)16-28)17-26-23(29)19-9-11-21(12-10-19)27-24(30)22-8-5-15-31-22/h3-12,15H,13-14,16-17H2,1-2H3,(H,26,29)(H,27,30). The molecule has 0 saturated heterocycles. The van der Waals surface area contributed by atoms with Gasteiger partial charge in [-0.25, -0.2) is 0 Å². The maximum absolute atomic E-state index is 12.7. The van der Waals surface area contributed by atoms with Crippen molar-refractivity contribution in [2.24, 2.45) is 0 Å². The number of nitrogens with zero attached hydrogens (tertiary/aromatic N) is 1. The Hall–Kier alpha value is -2.96. The van der Waals surface area contributed by atoms with Crippen LogP contribution in [0.5, 0.6) is 0 Å². The van der Waals surface area contributed by atoms with Crippen LogP contribution in [0, 0.1) is 0 Å². The predicted octanol–water partition coefficient (Wildman–Crippen LogP) is 4.57. The van der Waals surface area contributed by atoms with Gasteiger partial charge < -0.3 is 10.6 Å². The van der Waals surface area contributed by atoms with Crippen molar-refractivity contribution in [1.82, 2.24) is 10.2 Å². The Morgan fingerprint density at radius 1 is 0.968 bits per heavy atom. The second-order valence-electron chi connectivity index (χ2n) is 8.44. The van der Waals surface area contributed by atoms with E-state index in [1.54, 1.807) is 30.3 Å². The Bertz CT molecular complexity index is 1060. The van der Waals surface area contributed by atoms with E-state index in [0.29, 0.717) is 22.7 Å². The van der Waals surface area contributed by atoms with Crippen LogP contribution < -0.4 is 10.6 Å². The van der Waals surface area contributed by atoms with Gasteiger partial charge in [0.05, 0.1) is 4.88 Å². The Morgan fingerprint density at radius 3 is 2.42 bits per heavy atom. The summed E-state index contributed by atoms with van der Waals surface area (Å²) in [5.41, 5.74) is 3.88. The lowest BCUT2D eigenvalue weighted by Gasteiger charge is -2.41. The molecule has 0 radical (unpaired) electrons. The molecule has 0 saturated carbocycles. The molecule has 2 N–H and O–H groups in total. The quantitative estimate of drug-likeness (QED) is 0.599. The molecule has 0 bridgehead atoms. The fraction of sp³-hybridized carbons (Fsp3) is 0.280. The van der Waals surface area contributed by atoms with Gasteiger partial charge in [0, 0.05) is 36.4 Å². The Morgan fingerprint density at radius 2 is 1.71 bits per heavy atom. The number of amides is 2. The van der Waals surface area contributed by atoms with E-state index in [1.165, 1.54) is 22.5 Å². The molecular formula is C25H27N3O2S. The van der Waals surface area contributed by atoms with E-state index >= 15 is 0 Å². The van der Waals surface area contributed by atoms with Crippen LogP contribution in [0.2, 0.25) is 0 Å². The molecule has 1 aliphatic rings. The molecule has 4 rings (SSSR count). The number of carbonyl (C=O) groups is 2. The summed E-state index contributed by atoms with van der Waals surface area (Å²) in [6.07, 6.45) is 1.03. The fourth-order valence-corrected chi connectivity index (χ4v) is 4.45. The maximum atomic E-state index is 12.7. The molecule has 31 heavy (non-hydrogen) atoms. The summed E-state index contributed by atoms with van der Waals surface area (Å²) in [6, 6.07) is 19.2. The van der Waals surface area contributed by atoms with E-state index in [0.717, 1.165) is 19.5 Å². The average Bonchev–Trinajstić information content (AvgIpc) is 3.33. The van der Waals surface area contributed by atoms with Crippen LogP contribution in [-0.2, 0) is 13.0 Å². The van der Waals surface area contributed by atoms with Gasteiger partial charge in [-0.15, -0.1) is 11.3 Å². The molecule has 0 atom stereocenters. The average molecular weight is 434 g/mol. The maximum Gasteiger partial charge on any atom is 0.265 e. The summed E-state index contributed by atoms with van der Waals surface area (Å²) in [7, 11) is 0. The number of rotatable bonds is 6. The van der Waals surface area contributed by atoms with Crippen LogP contribution in [0.25, 0.3) is 0 Å². The van der Waals surface area contributed by atoms with E-state index in [-0.39, 0.29) is 17.4 Å². The molecular weight excluding hydrogens is 406 g/mol. The van der Waals surface area contributed by atoms with E-state index in [2.05, 4.69) is 53.6 Å². The van der Waals surface area contributed by atoms with Crippen molar-refractivity contribution in [3.63, 3.8) is 0 Å². The van der Waals surface area contributed by atoms with Crippen molar-refractivity contribution in [1.29, 1.82) is 0 Å². The Labute approximate surface area is 187 Å². The van der Waals surface area contributed by atoms with Crippen LogP contribution >= 0.6 is 11.3 Å². The van der Waals surface area contributed by atoms with Crippen molar-refractivity contribution < 1.29 is 9.59 Å². The Balaban J connectivity index is 1.32. The minimum absolute atomic E-state index is 0.110. The van der Waals surface area contributed by atoms with Crippen molar-refractivity contribution >= 4 is 28.8 Å². The number of benzene rings is 2. The first-order valence-electron chi connectivity index (χ1n) is 10.5. The number of hydrogen-bond acceptors (Lipinski definition) is 4. The molecule has 0 spiro atoms. The molecule has 2 aromatic carbocycles. The summed E-state index contributed by atoms with van der Waals surface area (Å²) in [4.78, 5) is 27.9. The highest BCUT2D eigenvalue weighted by atomic mass is 32.1. The molecule has 1 aromatic heterocycles. The van der Waals surface area contributed by atoms with E-state index in [4.69, 9.17) is 0 Å². The topological polar surface area (TPSA) is 61.4 Å². The zero-order valence-corrected chi connectivity index (χ0v) is 18.7.